The monoisotopic (exact) mass is 399 g/mol. The van der Waals surface area contributed by atoms with E-state index < -0.39 is 5.91 Å². The second-order valence-corrected chi connectivity index (χ2v) is 7.81. The Hall–Kier alpha value is -2.87. The van der Waals surface area contributed by atoms with Crippen LogP contribution in [0.5, 0.6) is 11.6 Å². The van der Waals surface area contributed by atoms with E-state index in [9.17, 15) is 9.59 Å². The Bertz CT molecular complexity index is 961. The van der Waals surface area contributed by atoms with Gasteiger partial charge in [-0.25, -0.2) is 10.0 Å². The molecule has 3 atom stereocenters. The maximum Gasteiger partial charge on any atom is 0.252 e. The molecule has 1 aliphatic carbocycles. The number of amides is 2. The van der Waals surface area contributed by atoms with Gasteiger partial charge in [0, 0.05) is 18.0 Å². The molecule has 29 heavy (non-hydrogen) atoms. The molecule has 2 fully saturated rings. The number of pyridine rings is 1. The number of nitrogens with zero attached hydrogens (tertiary/aromatic N) is 2. The van der Waals surface area contributed by atoms with Gasteiger partial charge in [-0.2, -0.15) is 0 Å². The summed E-state index contributed by atoms with van der Waals surface area (Å²) in [4.78, 5) is 33.7. The van der Waals surface area contributed by atoms with Crippen LogP contribution in [0.3, 0.4) is 0 Å². The molecule has 154 valence electrons. The van der Waals surface area contributed by atoms with Crippen LogP contribution in [0.1, 0.15) is 43.5 Å². The van der Waals surface area contributed by atoms with Crippen molar-refractivity contribution >= 4 is 22.6 Å². The lowest BCUT2D eigenvalue weighted by Gasteiger charge is -2.27. The van der Waals surface area contributed by atoms with E-state index in [1.165, 1.54) is 12.2 Å². The molecular formula is C21H25N3O5. The lowest BCUT2D eigenvalue weighted by molar-refractivity contribution is -0.184. The molecule has 2 amide bonds. The number of benzene rings is 1. The molecule has 2 N–H and O–H groups in total. The highest BCUT2D eigenvalue weighted by Gasteiger charge is 2.50. The van der Waals surface area contributed by atoms with Crippen molar-refractivity contribution in [1.82, 2.24) is 10.0 Å². The minimum atomic E-state index is -0.555. The summed E-state index contributed by atoms with van der Waals surface area (Å²) in [6.45, 7) is 3.76. The van der Waals surface area contributed by atoms with Crippen molar-refractivity contribution in [1.29, 1.82) is 0 Å². The first-order chi connectivity index (χ1) is 13.9. The van der Waals surface area contributed by atoms with Gasteiger partial charge in [0.05, 0.1) is 24.8 Å². The molecule has 1 aromatic carbocycles. The van der Waals surface area contributed by atoms with E-state index in [2.05, 4.69) is 4.98 Å². The summed E-state index contributed by atoms with van der Waals surface area (Å²) in [7, 11) is 1.51. The van der Waals surface area contributed by atoms with E-state index in [-0.39, 0.29) is 30.1 Å². The van der Waals surface area contributed by atoms with E-state index in [4.69, 9.17) is 20.0 Å². The Morgan fingerprint density at radius 1 is 1.31 bits per heavy atom. The van der Waals surface area contributed by atoms with E-state index in [1.54, 1.807) is 24.4 Å². The third-order valence-electron chi connectivity index (χ3n) is 5.56. The lowest BCUT2D eigenvalue weighted by atomic mass is 10.0. The smallest absolute Gasteiger partial charge is 0.252 e. The summed E-state index contributed by atoms with van der Waals surface area (Å²) in [6, 6.07) is 5.12. The van der Waals surface area contributed by atoms with E-state index in [0.29, 0.717) is 23.6 Å². The van der Waals surface area contributed by atoms with Gasteiger partial charge < -0.3 is 15.2 Å². The van der Waals surface area contributed by atoms with E-state index >= 15 is 0 Å². The number of hydroxylamine groups is 2. The number of ether oxygens (including phenoxy) is 2. The Morgan fingerprint density at radius 2 is 2.10 bits per heavy atom. The van der Waals surface area contributed by atoms with Crippen molar-refractivity contribution in [3.8, 4) is 11.6 Å². The highest BCUT2D eigenvalue weighted by molar-refractivity contribution is 6.01. The van der Waals surface area contributed by atoms with Gasteiger partial charge in [0.2, 0.25) is 11.8 Å². The van der Waals surface area contributed by atoms with E-state index in [1.807, 2.05) is 13.8 Å². The third kappa shape index (κ3) is 3.48. The molecule has 1 saturated heterocycles. The van der Waals surface area contributed by atoms with Crippen molar-refractivity contribution in [3.63, 3.8) is 0 Å². The minimum Gasteiger partial charge on any atom is -0.490 e. The van der Waals surface area contributed by atoms with Gasteiger partial charge in [0.15, 0.2) is 0 Å². The molecule has 2 heterocycles. The maximum absolute atomic E-state index is 12.1. The van der Waals surface area contributed by atoms with Crippen LogP contribution in [0.25, 0.3) is 10.8 Å². The van der Waals surface area contributed by atoms with Crippen LogP contribution in [0.4, 0.5) is 0 Å². The first kappa shape index (κ1) is 19.4. The topological polar surface area (TPSA) is 104 Å². The van der Waals surface area contributed by atoms with Gasteiger partial charge in [0.1, 0.15) is 11.9 Å². The molecule has 1 saturated carbocycles. The minimum absolute atomic E-state index is 0.0135. The average molecular weight is 399 g/mol. The summed E-state index contributed by atoms with van der Waals surface area (Å²) in [6.07, 6.45) is 3.49. The van der Waals surface area contributed by atoms with Crippen LogP contribution in [0.15, 0.2) is 24.4 Å². The van der Waals surface area contributed by atoms with Gasteiger partial charge in [-0.1, -0.05) is 0 Å². The number of primary amides is 1. The lowest BCUT2D eigenvalue weighted by Crippen LogP contribution is -2.42. The molecule has 0 unspecified atom stereocenters. The predicted molar refractivity (Wildman–Crippen MR) is 105 cm³/mol. The van der Waals surface area contributed by atoms with Crippen LogP contribution in [0, 0.1) is 5.92 Å². The summed E-state index contributed by atoms with van der Waals surface area (Å²) in [5.41, 5.74) is 5.85. The van der Waals surface area contributed by atoms with Crippen molar-refractivity contribution in [2.45, 2.75) is 51.4 Å². The summed E-state index contributed by atoms with van der Waals surface area (Å²) < 4.78 is 12.1. The zero-order valence-corrected chi connectivity index (χ0v) is 16.8. The number of hydrogen-bond acceptors (Lipinski definition) is 6. The quantitative estimate of drug-likeness (QED) is 0.800. The Kier molecular flexibility index (Phi) is 5.04. The molecule has 4 rings (SSSR count). The standard InChI is InChI=1S/C21H25N3O5/c1-11(2)28-17-10-14-12(8-15(17)20(22)26)6-7-23-21(14)29-16-5-4-13-9-18(25)24(27-3)19(13)16/h6-8,10-11,13,16,19H,4-5,9H2,1-3H3,(H2,22,26)/t13-,16+,19-/m0/s1. The van der Waals surface area contributed by atoms with Crippen LogP contribution >= 0.6 is 0 Å². The molecule has 8 heteroatoms. The fourth-order valence-corrected chi connectivity index (χ4v) is 4.38. The Morgan fingerprint density at radius 3 is 2.79 bits per heavy atom. The van der Waals surface area contributed by atoms with Crippen LogP contribution in [0.2, 0.25) is 0 Å². The molecular weight excluding hydrogens is 374 g/mol. The van der Waals surface area contributed by atoms with Gasteiger partial charge in [-0.05, 0) is 56.2 Å². The maximum atomic E-state index is 12.1. The summed E-state index contributed by atoms with van der Waals surface area (Å²) in [5.74, 6) is 0.495. The van der Waals surface area contributed by atoms with Gasteiger partial charge in [-0.15, -0.1) is 0 Å². The molecule has 0 radical (unpaired) electrons. The molecule has 8 nitrogen and oxygen atoms in total. The normalized spacial score (nSPS) is 23.7. The van der Waals surface area contributed by atoms with E-state index in [0.717, 1.165) is 23.6 Å². The molecule has 0 spiro atoms. The molecule has 0 bridgehead atoms. The SMILES string of the molecule is CON1C(=O)C[C@@H]2CC[C@@H](Oc3nccc4cc(C(N)=O)c(OC(C)C)cc34)[C@H]21. The van der Waals surface area contributed by atoms with Crippen molar-refractivity contribution < 1.29 is 23.9 Å². The van der Waals surface area contributed by atoms with Crippen LogP contribution in [-0.4, -0.2) is 47.2 Å². The fraction of sp³-hybridized carbons (Fsp3) is 0.476. The average Bonchev–Trinajstić information content (AvgIpc) is 3.19. The van der Waals surface area contributed by atoms with Gasteiger partial charge >= 0.3 is 0 Å². The zero-order chi connectivity index (χ0) is 20.7. The third-order valence-corrected chi connectivity index (χ3v) is 5.56. The number of fused-ring (bicyclic) bond motifs is 2. The number of aromatic nitrogens is 1. The summed E-state index contributed by atoms with van der Waals surface area (Å²) >= 11 is 0. The summed E-state index contributed by atoms with van der Waals surface area (Å²) in [5, 5.41) is 2.94. The van der Waals surface area contributed by atoms with Crippen molar-refractivity contribution in [2.75, 3.05) is 7.11 Å². The number of nitrogens with two attached hydrogens (primary N) is 1. The Balaban J connectivity index is 1.71. The second-order valence-electron chi connectivity index (χ2n) is 7.81. The largest absolute Gasteiger partial charge is 0.490 e. The number of carbonyl (C=O) groups is 2. The van der Waals surface area contributed by atoms with Crippen molar-refractivity contribution in [3.05, 3.63) is 30.0 Å². The first-order valence-electron chi connectivity index (χ1n) is 9.81. The molecule has 2 aromatic rings. The first-order valence-corrected chi connectivity index (χ1v) is 9.81. The highest BCUT2D eigenvalue weighted by atomic mass is 16.7. The molecule has 2 aliphatic rings. The van der Waals surface area contributed by atoms with Crippen LogP contribution in [-0.2, 0) is 9.63 Å². The number of rotatable bonds is 6. The second kappa shape index (κ2) is 7.51. The van der Waals surface area contributed by atoms with Crippen LogP contribution < -0.4 is 15.2 Å². The fourth-order valence-electron chi connectivity index (χ4n) is 4.38. The Labute approximate surface area is 168 Å². The highest BCUT2D eigenvalue weighted by Crippen LogP contribution is 2.41. The molecule has 1 aromatic heterocycles. The van der Waals surface area contributed by atoms with Gasteiger partial charge in [-0.3, -0.25) is 14.4 Å². The zero-order valence-electron chi connectivity index (χ0n) is 16.8. The van der Waals surface area contributed by atoms with Gasteiger partial charge in [0.25, 0.3) is 5.91 Å². The molecule has 1 aliphatic heterocycles. The van der Waals surface area contributed by atoms with Crippen molar-refractivity contribution in [2.24, 2.45) is 11.7 Å². The number of hydrogen-bond donors (Lipinski definition) is 1. The predicted octanol–water partition coefficient (Wildman–Crippen LogP) is 2.44. The number of carbonyl (C=O) groups excluding carboxylic acids is 2.